The zero-order chi connectivity index (χ0) is 12.1. The third-order valence-electron chi connectivity index (χ3n) is 3.97. The summed E-state index contributed by atoms with van der Waals surface area (Å²) in [5.41, 5.74) is 1.000. The molecule has 0 spiro atoms. The second kappa shape index (κ2) is 6.18. The lowest BCUT2D eigenvalue weighted by molar-refractivity contribution is 0.171. The highest BCUT2D eigenvalue weighted by Gasteiger charge is 2.22. The highest BCUT2D eigenvalue weighted by atomic mass is 16.3. The van der Waals surface area contributed by atoms with Gasteiger partial charge >= 0.3 is 0 Å². The SMILES string of the molecule is CC1CCCC1CNCC(O)c1ccccc1. The molecule has 0 saturated heterocycles. The number of rotatable bonds is 5. The number of aliphatic hydroxyl groups excluding tert-OH is 1. The van der Waals surface area contributed by atoms with E-state index >= 15 is 0 Å². The summed E-state index contributed by atoms with van der Waals surface area (Å²) in [5, 5.41) is 13.4. The number of hydrogen-bond acceptors (Lipinski definition) is 2. The molecule has 2 N–H and O–H groups in total. The smallest absolute Gasteiger partial charge is 0.0914 e. The quantitative estimate of drug-likeness (QED) is 0.819. The molecule has 2 heteroatoms. The molecule has 1 fully saturated rings. The van der Waals surface area contributed by atoms with Gasteiger partial charge in [0.15, 0.2) is 0 Å². The van der Waals surface area contributed by atoms with Crippen LogP contribution >= 0.6 is 0 Å². The van der Waals surface area contributed by atoms with E-state index in [1.54, 1.807) is 0 Å². The van der Waals surface area contributed by atoms with Crippen molar-refractivity contribution < 1.29 is 5.11 Å². The fraction of sp³-hybridized carbons (Fsp3) is 0.600. The van der Waals surface area contributed by atoms with Crippen LogP contribution in [0, 0.1) is 11.8 Å². The first kappa shape index (κ1) is 12.6. The molecule has 2 rings (SSSR count). The van der Waals surface area contributed by atoms with Gasteiger partial charge in [-0.05, 0) is 30.4 Å². The summed E-state index contributed by atoms with van der Waals surface area (Å²) in [6.07, 6.45) is 3.70. The average molecular weight is 233 g/mol. The van der Waals surface area contributed by atoms with E-state index < -0.39 is 0 Å². The molecule has 1 aromatic rings. The molecule has 17 heavy (non-hydrogen) atoms. The summed E-state index contributed by atoms with van der Waals surface area (Å²) < 4.78 is 0. The molecule has 0 aliphatic heterocycles. The van der Waals surface area contributed by atoms with Crippen LogP contribution in [0.2, 0.25) is 0 Å². The summed E-state index contributed by atoms with van der Waals surface area (Å²) in [6, 6.07) is 9.87. The van der Waals surface area contributed by atoms with E-state index in [4.69, 9.17) is 0 Å². The van der Waals surface area contributed by atoms with Crippen molar-refractivity contribution in [3.63, 3.8) is 0 Å². The predicted molar refractivity (Wildman–Crippen MR) is 70.8 cm³/mol. The number of hydrogen-bond donors (Lipinski definition) is 2. The first-order chi connectivity index (χ1) is 8.27. The summed E-state index contributed by atoms with van der Waals surface area (Å²) in [5.74, 6) is 1.65. The van der Waals surface area contributed by atoms with Gasteiger partial charge in [-0.2, -0.15) is 0 Å². The van der Waals surface area contributed by atoms with Crippen molar-refractivity contribution in [2.75, 3.05) is 13.1 Å². The van der Waals surface area contributed by atoms with E-state index in [0.717, 1.165) is 23.9 Å². The van der Waals surface area contributed by atoms with Gasteiger partial charge in [-0.1, -0.05) is 50.1 Å². The molecular formula is C15H23NO. The molecule has 0 bridgehead atoms. The lowest BCUT2D eigenvalue weighted by atomic mass is 9.98. The van der Waals surface area contributed by atoms with Crippen LogP contribution in [0.5, 0.6) is 0 Å². The first-order valence-corrected chi connectivity index (χ1v) is 6.71. The molecular weight excluding hydrogens is 210 g/mol. The molecule has 2 nitrogen and oxygen atoms in total. The minimum atomic E-state index is -0.382. The van der Waals surface area contributed by atoms with Gasteiger partial charge in [0.2, 0.25) is 0 Å². The molecule has 0 aromatic heterocycles. The van der Waals surface area contributed by atoms with Crippen LogP contribution < -0.4 is 5.32 Å². The van der Waals surface area contributed by atoms with Crippen molar-refractivity contribution >= 4 is 0 Å². The van der Waals surface area contributed by atoms with Crippen molar-refractivity contribution in [2.45, 2.75) is 32.3 Å². The summed E-state index contributed by atoms with van der Waals surface area (Å²) >= 11 is 0. The molecule has 94 valence electrons. The number of aliphatic hydroxyl groups is 1. The Bertz CT molecular complexity index is 325. The number of nitrogens with one attached hydrogen (secondary N) is 1. The Kier molecular flexibility index (Phi) is 4.57. The molecule has 1 saturated carbocycles. The Hall–Kier alpha value is -0.860. The predicted octanol–water partition coefficient (Wildman–Crippen LogP) is 2.75. The van der Waals surface area contributed by atoms with Crippen molar-refractivity contribution in [1.29, 1.82) is 0 Å². The average Bonchev–Trinajstić information content (AvgIpc) is 2.76. The fourth-order valence-corrected chi connectivity index (χ4v) is 2.72. The van der Waals surface area contributed by atoms with Crippen LogP contribution in [0.25, 0.3) is 0 Å². The topological polar surface area (TPSA) is 32.3 Å². The molecule has 1 aromatic carbocycles. The Labute approximate surface area is 104 Å². The maximum atomic E-state index is 10.00. The molecule has 3 unspecified atom stereocenters. The van der Waals surface area contributed by atoms with Gasteiger partial charge in [0.1, 0.15) is 0 Å². The van der Waals surface area contributed by atoms with Crippen LogP contribution in [-0.2, 0) is 0 Å². The van der Waals surface area contributed by atoms with Gasteiger partial charge in [-0.3, -0.25) is 0 Å². The molecule has 0 radical (unpaired) electrons. The second-order valence-electron chi connectivity index (χ2n) is 5.25. The molecule has 1 aliphatic rings. The van der Waals surface area contributed by atoms with Crippen molar-refractivity contribution in [3.05, 3.63) is 35.9 Å². The largest absolute Gasteiger partial charge is 0.387 e. The van der Waals surface area contributed by atoms with Crippen LogP contribution in [-0.4, -0.2) is 18.2 Å². The number of benzene rings is 1. The normalized spacial score (nSPS) is 26.0. The van der Waals surface area contributed by atoms with E-state index in [1.165, 1.54) is 19.3 Å². The minimum Gasteiger partial charge on any atom is -0.387 e. The van der Waals surface area contributed by atoms with Gasteiger partial charge in [-0.15, -0.1) is 0 Å². The van der Waals surface area contributed by atoms with E-state index in [0.29, 0.717) is 6.54 Å². The Balaban J connectivity index is 1.71. The maximum absolute atomic E-state index is 10.00. The third-order valence-corrected chi connectivity index (χ3v) is 3.97. The Morgan fingerprint density at radius 1 is 1.29 bits per heavy atom. The third kappa shape index (κ3) is 3.55. The molecule has 1 aliphatic carbocycles. The summed E-state index contributed by atoms with van der Waals surface area (Å²) in [7, 11) is 0. The van der Waals surface area contributed by atoms with E-state index in [1.807, 2.05) is 30.3 Å². The molecule has 0 heterocycles. The summed E-state index contributed by atoms with van der Waals surface area (Å²) in [6.45, 7) is 4.05. The van der Waals surface area contributed by atoms with Gasteiger partial charge < -0.3 is 10.4 Å². The Morgan fingerprint density at radius 3 is 2.71 bits per heavy atom. The van der Waals surface area contributed by atoms with Crippen LogP contribution in [0.4, 0.5) is 0 Å². The molecule has 3 atom stereocenters. The van der Waals surface area contributed by atoms with Crippen molar-refractivity contribution in [3.8, 4) is 0 Å². The monoisotopic (exact) mass is 233 g/mol. The maximum Gasteiger partial charge on any atom is 0.0914 e. The van der Waals surface area contributed by atoms with Crippen LogP contribution in [0.15, 0.2) is 30.3 Å². The Morgan fingerprint density at radius 2 is 2.06 bits per heavy atom. The lowest BCUT2D eigenvalue weighted by Crippen LogP contribution is -2.28. The zero-order valence-corrected chi connectivity index (χ0v) is 10.6. The van der Waals surface area contributed by atoms with Crippen LogP contribution in [0.1, 0.15) is 37.9 Å². The summed E-state index contributed by atoms with van der Waals surface area (Å²) in [4.78, 5) is 0. The highest BCUT2D eigenvalue weighted by Crippen LogP contribution is 2.30. The first-order valence-electron chi connectivity index (χ1n) is 6.71. The van der Waals surface area contributed by atoms with Gasteiger partial charge in [0.25, 0.3) is 0 Å². The second-order valence-corrected chi connectivity index (χ2v) is 5.25. The lowest BCUT2D eigenvalue weighted by Gasteiger charge is -2.18. The fourth-order valence-electron chi connectivity index (χ4n) is 2.72. The van der Waals surface area contributed by atoms with Gasteiger partial charge in [-0.25, -0.2) is 0 Å². The minimum absolute atomic E-state index is 0.382. The molecule has 0 amide bonds. The highest BCUT2D eigenvalue weighted by molar-refractivity contribution is 5.17. The van der Waals surface area contributed by atoms with Gasteiger partial charge in [0.05, 0.1) is 6.10 Å². The van der Waals surface area contributed by atoms with E-state index in [2.05, 4.69) is 12.2 Å². The van der Waals surface area contributed by atoms with E-state index in [9.17, 15) is 5.11 Å². The van der Waals surface area contributed by atoms with Crippen molar-refractivity contribution in [1.82, 2.24) is 5.32 Å². The zero-order valence-electron chi connectivity index (χ0n) is 10.6. The van der Waals surface area contributed by atoms with Crippen LogP contribution in [0.3, 0.4) is 0 Å². The standard InChI is InChI=1S/C15H23NO/c1-12-6-5-9-14(12)10-16-11-15(17)13-7-3-2-4-8-13/h2-4,7-8,12,14-17H,5-6,9-11H2,1H3. The van der Waals surface area contributed by atoms with E-state index in [-0.39, 0.29) is 6.10 Å². The van der Waals surface area contributed by atoms with Crippen molar-refractivity contribution in [2.24, 2.45) is 11.8 Å². The van der Waals surface area contributed by atoms with Gasteiger partial charge in [0, 0.05) is 6.54 Å².